The molecule has 1 atom stereocenters. The van der Waals surface area contributed by atoms with Crippen molar-refractivity contribution in [1.82, 2.24) is 15.2 Å². The van der Waals surface area contributed by atoms with Crippen molar-refractivity contribution in [2.24, 2.45) is 0 Å². The Kier molecular flexibility index (Phi) is 6.52. The summed E-state index contributed by atoms with van der Waals surface area (Å²) < 4.78 is 0. The third-order valence-electron chi connectivity index (χ3n) is 6.85. The van der Waals surface area contributed by atoms with Crippen LogP contribution in [0.3, 0.4) is 0 Å². The number of anilines is 1. The number of carbonyl (C=O) groups excluding carboxylic acids is 1. The number of amides is 2. The maximum atomic E-state index is 13.1. The molecule has 5 nitrogen and oxygen atoms in total. The van der Waals surface area contributed by atoms with Crippen LogP contribution in [0.25, 0.3) is 10.9 Å². The first-order chi connectivity index (χ1) is 16.7. The average Bonchev–Trinajstić information content (AvgIpc) is 3.56. The molecule has 0 bridgehead atoms. The van der Waals surface area contributed by atoms with Gasteiger partial charge in [0.05, 0.1) is 0 Å². The van der Waals surface area contributed by atoms with Gasteiger partial charge in [-0.3, -0.25) is 0 Å². The van der Waals surface area contributed by atoms with Crippen LogP contribution in [-0.4, -0.2) is 42.6 Å². The summed E-state index contributed by atoms with van der Waals surface area (Å²) >= 11 is 0. The highest BCUT2D eigenvalue weighted by molar-refractivity contribution is 5.84. The molecular formula is C29H32N4O. The molecule has 1 aliphatic rings. The van der Waals surface area contributed by atoms with Crippen LogP contribution >= 0.6 is 0 Å². The molecule has 0 radical (unpaired) electrons. The average molecular weight is 453 g/mol. The molecule has 5 heteroatoms. The molecule has 2 N–H and O–H groups in total. The number of aromatic nitrogens is 1. The lowest BCUT2D eigenvalue weighted by molar-refractivity contribution is 0.206. The van der Waals surface area contributed by atoms with Gasteiger partial charge in [0.25, 0.3) is 0 Å². The van der Waals surface area contributed by atoms with Crippen LogP contribution in [0.2, 0.25) is 0 Å². The Morgan fingerprint density at radius 3 is 2.50 bits per heavy atom. The lowest BCUT2D eigenvalue weighted by atomic mass is 9.91. The second-order valence-electron chi connectivity index (χ2n) is 9.12. The van der Waals surface area contributed by atoms with Crippen molar-refractivity contribution in [3.05, 3.63) is 102 Å². The lowest BCUT2D eigenvalue weighted by Gasteiger charge is -2.25. The Morgan fingerprint density at radius 2 is 1.68 bits per heavy atom. The number of nitrogens with zero attached hydrogens (tertiary/aromatic N) is 2. The highest BCUT2D eigenvalue weighted by Crippen LogP contribution is 2.30. The molecule has 0 spiro atoms. The van der Waals surface area contributed by atoms with Gasteiger partial charge < -0.3 is 20.1 Å². The quantitative estimate of drug-likeness (QED) is 0.376. The fraction of sp³-hybridized carbons (Fsp3) is 0.276. The summed E-state index contributed by atoms with van der Waals surface area (Å²) in [7, 11) is 1.87. The second kappa shape index (κ2) is 10.0. The number of hydrogen-bond acceptors (Lipinski definition) is 2. The van der Waals surface area contributed by atoms with E-state index >= 15 is 0 Å². The van der Waals surface area contributed by atoms with Crippen molar-refractivity contribution in [3.63, 3.8) is 0 Å². The Labute approximate surface area is 201 Å². The predicted octanol–water partition coefficient (Wildman–Crippen LogP) is 5.74. The first-order valence-corrected chi connectivity index (χ1v) is 12.1. The van der Waals surface area contributed by atoms with Crippen molar-refractivity contribution >= 4 is 22.6 Å². The van der Waals surface area contributed by atoms with Gasteiger partial charge in [0, 0.05) is 61.9 Å². The molecule has 34 heavy (non-hydrogen) atoms. The molecule has 174 valence electrons. The molecule has 1 saturated heterocycles. The monoisotopic (exact) mass is 452 g/mol. The van der Waals surface area contributed by atoms with Crippen LogP contribution in [0.15, 0.2) is 85.1 Å². The number of urea groups is 1. The maximum absolute atomic E-state index is 13.1. The van der Waals surface area contributed by atoms with Crippen molar-refractivity contribution in [2.75, 3.05) is 31.6 Å². The van der Waals surface area contributed by atoms with Gasteiger partial charge in [-0.2, -0.15) is 0 Å². The summed E-state index contributed by atoms with van der Waals surface area (Å²) in [6.07, 6.45) is 4.54. The molecule has 0 saturated carbocycles. The fourth-order valence-electron chi connectivity index (χ4n) is 5.04. The Hall–Kier alpha value is -3.73. The fourth-order valence-corrected chi connectivity index (χ4v) is 5.04. The number of para-hydroxylation sites is 2. The topological polar surface area (TPSA) is 51.4 Å². The van der Waals surface area contributed by atoms with Gasteiger partial charge in [0.15, 0.2) is 0 Å². The van der Waals surface area contributed by atoms with E-state index in [1.165, 1.54) is 40.6 Å². The van der Waals surface area contributed by atoms with Gasteiger partial charge in [0.1, 0.15) is 0 Å². The predicted molar refractivity (Wildman–Crippen MR) is 139 cm³/mol. The van der Waals surface area contributed by atoms with Crippen LogP contribution in [0, 0.1) is 0 Å². The van der Waals surface area contributed by atoms with Crippen LogP contribution in [0.1, 0.15) is 35.4 Å². The third kappa shape index (κ3) is 4.65. The van der Waals surface area contributed by atoms with Gasteiger partial charge in [-0.1, -0.05) is 66.7 Å². The number of benzene rings is 3. The van der Waals surface area contributed by atoms with E-state index in [0.717, 1.165) is 18.6 Å². The van der Waals surface area contributed by atoms with E-state index in [2.05, 4.69) is 88.1 Å². The van der Waals surface area contributed by atoms with Crippen LogP contribution < -0.4 is 10.2 Å². The molecule has 1 aliphatic heterocycles. The number of hydrogen-bond donors (Lipinski definition) is 2. The van der Waals surface area contributed by atoms with Gasteiger partial charge >= 0.3 is 6.03 Å². The van der Waals surface area contributed by atoms with E-state index in [-0.39, 0.29) is 11.9 Å². The molecule has 1 fully saturated rings. The molecular weight excluding hydrogens is 420 g/mol. The minimum Gasteiger partial charge on any atom is -0.371 e. The van der Waals surface area contributed by atoms with E-state index in [1.54, 1.807) is 4.90 Å². The zero-order chi connectivity index (χ0) is 23.3. The van der Waals surface area contributed by atoms with E-state index in [9.17, 15) is 4.79 Å². The van der Waals surface area contributed by atoms with E-state index < -0.39 is 0 Å². The lowest BCUT2D eigenvalue weighted by Crippen LogP contribution is -2.39. The van der Waals surface area contributed by atoms with Crippen molar-refractivity contribution in [2.45, 2.75) is 25.3 Å². The summed E-state index contributed by atoms with van der Waals surface area (Å²) in [5.41, 5.74) is 5.94. The van der Waals surface area contributed by atoms with E-state index in [1.807, 2.05) is 19.2 Å². The second-order valence-corrected chi connectivity index (χ2v) is 9.12. The van der Waals surface area contributed by atoms with Crippen LogP contribution in [0.5, 0.6) is 0 Å². The molecule has 2 amide bonds. The molecule has 4 aromatic rings. The highest BCUT2D eigenvalue weighted by atomic mass is 16.2. The molecule has 1 unspecified atom stereocenters. The number of fused-ring (bicyclic) bond motifs is 1. The van der Waals surface area contributed by atoms with Gasteiger partial charge in [-0.05, 0) is 41.7 Å². The minimum absolute atomic E-state index is 0.0583. The summed E-state index contributed by atoms with van der Waals surface area (Å²) in [5.74, 6) is 0.0617. The molecule has 3 aromatic carbocycles. The number of rotatable bonds is 7. The summed E-state index contributed by atoms with van der Waals surface area (Å²) in [4.78, 5) is 20.7. The Bertz CT molecular complexity index is 1240. The number of nitrogens with one attached hydrogen (secondary N) is 2. The largest absolute Gasteiger partial charge is 0.371 e. The van der Waals surface area contributed by atoms with Crippen molar-refractivity contribution < 1.29 is 4.79 Å². The number of H-pyrrole nitrogens is 1. The minimum atomic E-state index is -0.0583. The summed E-state index contributed by atoms with van der Waals surface area (Å²) in [6.45, 7) is 3.30. The SMILES string of the molecule is CN(Cc1ccccc1N1CCCC1)C(=O)NCC(c1ccccc1)c1c[nH]c2ccccc12. The summed E-state index contributed by atoms with van der Waals surface area (Å²) in [6, 6.07) is 27.1. The molecule has 1 aromatic heterocycles. The number of carbonyl (C=O) groups is 1. The first-order valence-electron chi connectivity index (χ1n) is 12.1. The van der Waals surface area contributed by atoms with Gasteiger partial charge in [-0.15, -0.1) is 0 Å². The van der Waals surface area contributed by atoms with Gasteiger partial charge in [-0.25, -0.2) is 4.79 Å². The first kappa shape index (κ1) is 22.1. The maximum Gasteiger partial charge on any atom is 0.317 e. The molecule has 0 aliphatic carbocycles. The van der Waals surface area contributed by atoms with E-state index in [0.29, 0.717) is 13.1 Å². The standard InChI is InChI=1S/C29H32N4O/c1-32(21-23-13-5-8-16-28(23)33-17-9-10-18-33)29(34)31-19-25(22-11-3-2-4-12-22)26-20-30-27-15-7-6-14-24(26)27/h2-8,11-16,20,25,30H,9-10,17-19,21H2,1H3,(H,31,34). The van der Waals surface area contributed by atoms with Gasteiger partial charge in [0.2, 0.25) is 0 Å². The molecule has 5 rings (SSSR count). The zero-order valence-electron chi connectivity index (χ0n) is 19.7. The number of aromatic amines is 1. The highest BCUT2D eigenvalue weighted by Gasteiger charge is 2.21. The Balaban J connectivity index is 1.31. The van der Waals surface area contributed by atoms with Crippen LogP contribution in [-0.2, 0) is 6.54 Å². The van der Waals surface area contributed by atoms with Crippen molar-refractivity contribution in [1.29, 1.82) is 0 Å². The third-order valence-corrected chi connectivity index (χ3v) is 6.85. The smallest absolute Gasteiger partial charge is 0.317 e. The van der Waals surface area contributed by atoms with E-state index in [4.69, 9.17) is 0 Å². The zero-order valence-corrected chi connectivity index (χ0v) is 19.7. The van der Waals surface area contributed by atoms with Crippen molar-refractivity contribution in [3.8, 4) is 0 Å². The normalized spacial score (nSPS) is 14.3. The van der Waals surface area contributed by atoms with Crippen LogP contribution in [0.4, 0.5) is 10.5 Å². The molecule has 2 heterocycles. The summed E-state index contributed by atoms with van der Waals surface area (Å²) in [5, 5.41) is 4.40. The Morgan fingerprint density at radius 1 is 0.971 bits per heavy atom.